The van der Waals surface area contributed by atoms with Crippen molar-refractivity contribution in [2.24, 2.45) is 0 Å². The number of aryl methyl sites for hydroxylation is 1. The highest BCUT2D eigenvalue weighted by Gasteiger charge is 2.11. The van der Waals surface area contributed by atoms with Gasteiger partial charge in [0.1, 0.15) is 5.52 Å². The molecule has 0 amide bonds. The predicted molar refractivity (Wildman–Crippen MR) is 52.3 cm³/mol. The van der Waals surface area contributed by atoms with Crippen LogP contribution in [0, 0.1) is 5.82 Å². The first-order chi connectivity index (χ1) is 7.11. The maximum absolute atomic E-state index is 13.4. The maximum atomic E-state index is 13.4. The first-order valence-corrected chi connectivity index (χ1v) is 4.52. The van der Waals surface area contributed by atoms with Crippen LogP contribution in [0.5, 0.6) is 0 Å². The molecule has 1 heterocycles. The minimum Gasteiger partial charge on any atom is -0.478 e. The van der Waals surface area contributed by atoms with E-state index >= 15 is 0 Å². The summed E-state index contributed by atoms with van der Waals surface area (Å²) in [5, 5.41) is 13.2. The van der Waals surface area contributed by atoms with Crippen LogP contribution in [0.15, 0.2) is 18.3 Å². The molecule has 0 aliphatic heterocycles. The lowest BCUT2D eigenvalue weighted by molar-refractivity contribution is 0.0696. The van der Waals surface area contributed by atoms with Crippen molar-refractivity contribution in [2.45, 2.75) is 13.5 Å². The zero-order valence-corrected chi connectivity index (χ0v) is 8.07. The number of carbonyl (C=O) groups is 1. The van der Waals surface area contributed by atoms with Gasteiger partial charge in [0.25, 0.3) is 0 Å². The third-order valence-corrected chi connectivity index (χ3v) is 2.18. The summed E-state index contributed by atoms with van der Waals surface area (Å²) >= 11 is 0. The summed E-state index contributed by atoms with van der Waals surface area (Å²) in [5.74, 6) is -1.74. The molecule has 0 saturated carbocycles. The average molecular weight is 208 g/mol. The number of carboxylic acids is 1. The molecule has 0 unspecified atom stereocenters. The molecule has 0 radical (unpaired) electrons. The van der Waals surface area contributed by atoms with Gasteiger partial charge in [0.05, 0.1) is 5.56 Å². The normalized spacial score (nSPS) is 10.8. The molecular weight excluding hydrogens is 199 g/mol. The summed E-state index contributed by atoms with van der Waals surface area (Å²) < 4.78 is 15.0. The van der Waals surface area contributed by atoms with Gasteiger partial charge in [-0.05, 0) is 19.1 Å². The molecule has 0 bridgehead atoms. The van der Waals surface area contributed by atoms with Crippen molar-refractivity contribution in [3.63, 3.8) is 0 Å². The second-order valence-electron chi connectivity index (χ2n) is 3.19. The Hall–Kier alpha value is -1.91. The number of benzene rings is 1. The molecule has 0 aliphatic rings. The van der Waals surface area contributed by atoms with Crippen molar-refractivity contribution < 1.29 is 14.3 Å². The van der Waals surface area contributed by atoms with Crippen LogP contribution in [-0.4, -0.2) is 20.9 Å². The van der Waals surface area contributed by atoms with Crippen LogP contribution in [0.3, 0.4) is 0 Å². The minimum atomic E-state index is -1.14. The highest BCUT2D eigenvalue weighted by Crippen LogP contribution is 2.18. The molecule has 78 valence electrons. The van der Waals surface area contributed by atoms with Crippen molar-refractivity contribution in [3.8, 4) is 0 Å². The van der Waals surface area contributed by atoms with Crippen LogP contribution in [0.4, 0.5) is 4.39 Å². The van der Waals surface area contributed by atoms with E-state index < -0.39 is 11.8 Å². The molecule has 1 aromatic heterocycles. The molecule has 2 rings (SSSR count). The van der Waals surface area contributed by atoms with E-state index in [-0.39, 0.29) is 11.1 Å². The first kappa shape index (κ1) is 9.64. The molecule has 4 nitrogen and oxygen atoms in total. The van der Waals surface area contributed by atoms with Gasteiger partial charge in [0, 0.05) is 18.1 Å². The quantitative estimate of drug-likeness (QED) is 0.819. The second kappa shape index (κ2) is 3.34. The largest absolute Gasteiger partial charge is 0.478 e. The van der Waals surface area contributed by atoms with Crippen molar-refractivity contribution in [1.29, 1.82) is 0 Å². The monoisotopic (exact) mass is 208 g/mol. The van der Waals surface area contributed by atoms with Gasteiger partial charge >= 0.3 is 5.97 Å². The highest BCUT2D eigenvalue weighted by atomic mass is 19.1. The van der Waals surface area contributed by atoms with E-state index in [0.29, 0.717) is 11.9 Å². The molecule has 0 aliphatic carbocycles. The number of halogens is 1. The fraction of sp³-hybridized carbons (Fsp3) is 0.200. The molecule has 1 N–H and O–H groups in total. The Labute approximate surface area is 84.9 Å². The van der Waals surface area contributed by atoms with Crippen molar-refractivity contribution in [1.82, 2.24) is 9.78 Å². The Morgan fingerprint density at radius 3 is 2.93 bits per heavy atom. The van der Waals surface area contributed by atoms with Crippen LogP contribution in [0.25, 0.3) is 10.9 Å². The van der Waals surface area contributed by atoms with Gasteiger partial charge in [0.2, 0.25) is 0 Å². The van der Waals surface area contributed by atoms with Gasteiger partial charge < -0.3 is 5.11 Å². The van der Waals surface area contributed by atoms with Crippen LogP contribution in [0.2, 0.25) is 0 Å². The van der Waals surface area contributed by atoms with Crippen LogP contribution >= 0.6 is 0 Å². The fourth-order valence-electron chi connectivity index (χ4n) is 1.43. The minimum absolute atomic E-state index is 0.0596. The number of hydrogen-bond donors (Lipinski definition) is 1. The van der Waals surface area contributed by atoms with Crippen molar-refractivity contribution in [2.75, 3.05) is 0 Å². The third-order valence-electron chi connectivity index (χ3n) is 2.18. The lowest BCUT2D eigenvalue weighted by Crippen LogP contribution is -1.97. The number of carboxylic acid groups (broad SMARTS) is 1. The van der Waals surface area contributed by atoms with Crippen LogP contribution in [0.1, 0.15) is 17.3 Å². The Kier molecular flexibility index (Phi) is 2.15. The van der Waals surface area contributed by atoms with E-state index in [1.54, 1.807) is 10.9 Å². The van der Waals surface area contributed by atoms with Gasteiger partial charge in [-0.3, -0.25) is 4.68 Å². The average Bonchev–Trinajstić information content (AvgIpc) is 2.61. The number of aromatic nitrogens is 2. The molecule has 5 heteroatoms. The molecule has 15 heavy (non-hydrogen) atoms. The summed E-state index contributed by atoms with van der Waals surface area (Å²) in [6.45, 7) is 2.50. The summed E-state index contributed by atoms with van der Waals surface area (Å²) in [6, 6.07) is 2.40. The second-order valence-corrected chi connectivity index (χ2v) is 3.19. The summed E-state index contributed by atoms with van der Waals surface area (Å²) in [7, 11) is 0. The zero-order valence-electron chi connectivity index (χ0n) is 8.07. The Morgan fingerprint density at radius 2 is 2.33 bits per heavy atom. The first-order valence-electron chi connectivity index (χ1n) is 4.52. The number of rotatable bonds is 2. The highest BCUT2D eigenvalue weighted by molar-refractivity contribution is 5.93. The Balaban J connectivity index is 2.70. The third kappa shape index (κ3) is 1.56. The van der Waals surface area contributed by atoms with E-state index in [0.717, 1.165) is 6.07 Å². The molecule has 0 spiro atoms. The number of nitrogens with zero attached hydrogens (tertiary/aromatic N) is 2. The summed E-state index contributed by atoms with van der Waals surface area (Å²) in [6.07, 6.45) is 1.63. The Morgan fingerprint density at radius 1 is 1.60 bits per heavy atom. The number of hydrogen-bond acceptors (Lipinski definition) is 2. The topological polar surface area (TPSA) is 55.1 Å². The standard InChI is InChI=1S/C10H9FN2O2/c1-2-13-5-7-3-6(10(14)15)4-8(11)9(7)12-13/h3-5H,2H2,1H3,(H,14,15). The van der Waals surface area contributed by atoms with E-state index in [4.69, 9.17) is 5.11 Å². The maximum Gasteiger partial charge on any atom is 0.335 e. The van der Waals surface area contributed by atoms with Crippen LogP contribution < -0.4 is 0 Å². The van der Waals surface area contributed by atoms with E-state index in [9.17, 15) is 9.18 Å². The number of aromatic carboxylic acids is 1. The van der Waals surface area contributed by atoms with Crippen LogP contribution in [-0.2, 0) is 6.54 Å². The van der Waals surface area contributed by atoms with E-state index in [1.807, 2.05) is 6.92 Å². The van der Waals surface area contributed by atoms with Gasteiger partial charge in [-0.25, -0.2) is 9.18 Å². The molecule has 0 saturated heterocycles. The number of fused-ring (bicyclic) bond motifs is 1. The Bertz CT molecular complexity index is 533. The van der Waals surface area contributed by atoms with E-state index in [2.05, 4.69) is 5.10 Å². The van der Waals surface area contributed by atoms with E-state index in [1.165, 1.54) is 6.07 Å². The van der Waals surface area contributed by atoms with Crippen molar-refractivity contribution in [3.05, 3.63) is 29.7 Å². The summed E-state index contributed by atoms with van der Waals surface area (Å²) in [5.41, 5.74) is 0.150. The molecule has 1 aromatic carbocycles. The van der Waals surface area contributed by atoms with Gasteiger partial charge in [-0.15, -0.1) is 0 Å². The zero-order chi connectivity index (χ0) is 11.0. The van der Waals surface area contributed by atoms with Crippen molar-refractivity contribution >= 4 is 16.9 Å². The van der Waals surface area contributed by atoms with Gasteiger partial charge in [-0.1, -0.05) is 0 Å². The predicted octanol–water partition coefficient (Wildman–Crippen LogP) is 1.89. The summed E-state index contributed by atoms with van der Waals surface area (Å²) in [4.78, 5) is 10.7. The molecule has 2 aromatic rings. The molecular formula is C10H9FN2O2. The van der Waals surface area contributed by atoms with Gasteiger partial charge in [0.15, 0.2) is 5.82 Å². The lowest BCUT2D eigenvalue weighted by Gasteiger charge is -1.94. The smallest absolute Gasteiger partial charge is 0.335 e. The molecule has 0 fully saturated rings. The SMILES string of the molecule is CCn1cc2cc(C(=O)O)cc(F)c2n1. The molecule has 0 atom stereocenters. The van der Waals surface area contributed by atoms with Gasteiger partial charge in [-0.2, -0.15) is 5.10 Å². The fourth-order valence-corrected chi connectivity index (χ4v) is 1.43. The lowest BCUT2D eigenvalue weighted by atomic mass is 10.1.